The van der Waals surface area contributed by atoms with Gasteiger partial charge in [-0.3, -0.25) is 0 Å². The number of hydrogen-bond acceptors (Lipinski definition) is 5. The number of aliphatic hydroxyl groups excluding tert-OH is 1. The molecule has 0 unspecified atom stereocenters. The summed E-state index contributed by atoms with van der Waals surface area (Å²) >= 11 is 5.45. The lowest BCUT2D eigenvalue weighted by Crippen LogP contribution is -2.33. The molecule has 3 heterocycles. The molecule has 10 heteroatoms. The largest absolute Gasteiger partial charge is 0.391 e. The van der Waals surface area contributed by atoms with Gasteiger partial charge in [-0.2, -0.15) is 5.10 Å². The van der Waals surface area contributed by atoms with Crippen LogP contribution in [0.1, 0.15) is 24.9 Å². The highest BCUT2D eigenvalue weighted by Gasteiger charge is 2.23. The van der Waals surface area contributed by atoms with Gasteiger partial charge >= 0.3 is 0 Å². The van der Waals surface area contributed by atoms with E-state index in [1.54, 1.807) is 41.8 Å². The number of nitrogens with one attached hydrogen (secondary N) is 1. The number of halogens is 2. The number of nitrogens with zero attached hydrogens (tertiary/aromatic N) is 5. The maximum Gasteiger partial charge on any atom is 0.180 e. The second-order valence-electron chi connectivity index (χ2n) is 7.38. The molecule has 7 nitrogen and oxygen atoms in total. The third-order valence-corrected chi connectivity index (χ3v) is 5.76. The van der Waals surface area contributed by atoms with Crippen molar-refractivity contribution in [2.45, 2.75) is 25.5 Å². The molecule has 0 saturated carbocycles. The summed E-state index contributed by atoms with van der Waals surface area (Å²) in [7, 11) is 1.77. The zero-order valence-corrected chi connectivity index (χ0v) is 17.4. The molecule has 3 aromatic rings. The number of thiocarbonyl (C=S) groups is 1. The van der Waals surface area contributed by atoms with Crippen molar-refractivity contribution >= 4 is 34.5 Å². The SMILES string of the molecule is C[C@H](c1cc(F)ccc1F)N(C)c1ccn2ncc(NC(=S)N3CC[C@H](O)C3)c2n1. The van der Waals surface area contributed by atoms with Gasteiger partial charge < -0.3 is 20.2 Å². The molecule has 0 spiro atoms. The first-order valence-corrected chi connectivity index (χ1v) is 10.0. The molecule has 1 aliphatic heterocycles. The van der Waals surface area contributed by atoms with Gasteiger partial charge in [0.15, 0.2) is 10.8 Å². The second kappa shape index (κ2) is 8.11. The Hall–Kier alpha value is -2.85. The minimum atomic E-state index is -0.488. The topological polar surface area (TPSA) is 68.9 Å². The predicted octanol–water partition coefficient (Wildman–Crippen LogP) is 2.97. The fraction of sp³-hybridized carbons (Fsp3) is 0.350. The van der Waals surface area contributed by atoms with Gasteiger partial charge in [0.1, 0.15) is 23.1 Å². The van der Waals surface area contributed by atoms with Gasteiger partial charge in [-0.15, -0.1) is 0 Å². The van der Waals surface area contributed by atoms with E-state index in [1.165, 1.54) is 6.07 Å². The summed E-state index contributed by atoms with van der Waals surface area (Å²) in [6.07, 6.45) is 3.67. The van der Waals surface area contributed by atoms with E-state index < -0.39 is 17.7 Å². The molecular formula is C20H22F2N6OS. The predicted molar refractivity (Wildman–Crippen MR) is 115 cm³/mol. The highest BCUT2D eigenvalue weighted by Crippen LogP contribution is 2.28. The van der Waals surface area contributed by atoms with E-state index in [1.807, 2.05) is 4.90 Å². The Kier molecular flexibility index (Phi) is 5.52. The number of hydrogen-bond donors (Lipinski definition) is 2. The van der Waals surface area contributed by atoms with Crippen LogP contribution in [-0.2, 0) is 0 Å². The highest BCUT2D eigenvalue weighted by molar-refractivity contribution is 7.80. The van der Waals surface area contributed by atoms with Gasteiger partial charge in [0.2, 0.25) is 0 Å². The standard InChI is InChI=1S/C20H22F2N6OS/c1-12(15-9-13(21)3-4-16(15)22)26(2)18-6-8-28-19(25-18)17(10-23-28)24-20(30)27-7-5-14(29)11-27/h3-4,6,8-10,12,14,29H,5,7,11H2,1-2H3,(H,24,30)/t12-,14+/m1/s1. The Morgan fingerprint density at radius 2 is 2.17 bits per heavy atom. The van der Waals surface area contributed by atoms with Crippen LogP contribution in [0.5, 0.6) is 0 Å². The summed E-state index contributed by atoms with van der Waals surface area (Å²) in [6.45, 7) is 2.96. The van der Waals surface area contributed by atoms with Crippen molar-refractivity contribution in [3.8, 4) is 0 Å². The molecule has 2 atom stereocenters. The number of aromatic nitrogens is 3. The van der Waals surface area contributed by atoms with Crippen LogP contribution in [0.2, 0.25) is 0 Å². The van der Waals surface area contributed by atoms with Gasteiger partial charge in [-0.25, -0.2) is 18.3 Å². The van der Waals surface area contributed by atoms with E-state index in [4.69, 9.17) is 12.2 Å². The van der Waals surface area contributed by atoms with Gasteiger partial charge in [-0.1, -0.05) is 0 Å². The molecule has 0 bridgehead atoms. The van der Waals surface area contributed by atoms with Crippen LogP contribution in [0.25, 0.3) is 5.65 Å². The van der Waals surface area contributed by atoms with Crippen LogP contribution < -0.4 is 10.2 Å². The average Bonchev–Trinajstić information content (AvgIpc) is 3.34. The normalized spacial score (nSPS) is 17.4. The maximum atomic E-state index is 14.2. The first-order valence-electron chi connectivity index (χ1n) is 9.59. The molecule has 1 saturated heterocycles. The highest BCUT2D eigenvalue weighted by atomic mass is 32.1. The summed E-state index contributed by atoms with van der Waals surface area (Å²) in [6, 6.07) is 4.74. The molecule has 30 heavy (non-hydrogen) atoms. The molecule has 0 radical (unpaired) electrons. The molecule has 4 rings (SSSR count). The molecule has 1 aromatic carbocycles. The minimum Gasteiger partial charge on any atom is -0.391 e. The lowest BCUT2D eigenvalue weighted by atomic mass is 10.1. The number of fused-ring (bicyclic) bond motifs is 1. The smallest absolute Gasteiger partial charge is 0.180 e. The van der Waals surface area contributed by atoms with Crippen LogP contribution >= 0.6 is 12.2 Å². The Morgan fingerprint density at radius 3 is 2.90 bits per heavy atom. The summed E-state index contributed by atoms with van der Waals surface area (Å²) in [4.78, 5) is 8.31. The Morgan fingerprint density at radius 1 is 1.37 bits per heavy atom. The van der Waals surface area contributed by atoms with Crippen LogP contribution in [-0.4, -0.2) is 56.0 Å². The van der Waals surface area contributed by atoms with E-state index in [2.05, 4.69) is 15.4 Å². The number of anilines is 2. The lowest BCUT2D eigenvalue weighted by molar-refractivity contribution is 0.188. The van der Waals surface area contributed by atoms with Crippen LogP contribution in [0.15, 0.2) is 36.7 Å². The Balaban J connectivity index is 1.59. The second-order valence-corrected chi connectivity index (χ2v) is 7.77. The van der Waals surface area contributed by atoms with Gasteiger partial charge in [0.05, 0.1) is 18.3 Å². The van der Waals surface area contributed by atoms with Gasteiger partial charge in [0, 0.05) is 31.9 Å². The number of benzene rings is 1. The summed E-state index contributed by atoms with van der Waals surface area (Å²) < 4.78 is 29.4. The van der Waals surface area contributed by atoms with E-state index >= 15 is 0 Å². The van der Waals surface area contributed by atoms with Crippen molar-refractivity contribution in [1.82, 2.24) is 19.5 Å². The quantitative estimate of drug-likeness (QED) is 0.615. The molecule has 0 aliphatic carbocycles. The van der Waals surface area contributed by atoms with Crippen molar-refractivity contribution < 1.29 is 13.9 Å². The van der Waals surface area contributed by atoms with Gasteiger partial charge in [-0.05, 0) is 49.8 Å². The monoisotopic (exact) mass is 432 g/mol. The van der Waals surface area contributed by atoms with Crippen LogP contribution in [0.4, 0.5) is 20.3 Å². The fourth-order valence-corrected chi connectivity index (χ4v) is 3.78. The molecule has 1 aliphatic rings. The molecule has 1 fully saturated rings. The van der Waals surface area contributed by atoms with Gasteiger partial charge in [0.25, 0.3) is 0 Å². The molecule has 2 N–H and O–H groups in total. The summed E-state index contributed by atoms with van der Waals surface area (Å²) in [5.41, 5.74) is 1.43. The molecule has 2 aromatic heterocycles. The summed E-state index contributed by atoms with van der Waals surface area (Å²) in [5, 5.41) is 17.6. The van der Waals surface area contributed by atoms with E-state index in [0.29, 0.717) is 41.8 Å². The van der Waals surface area contributed by atoms with Crippen LogP contribution in [0.3, 0.4) is 0 Å². The lowest BCUT2D eigenvalue weighted by Gasteiger charge is -2.26. The number of β-amino-alcohol motifs (C(OH)–C–C–N with tert-alkyl or cyclic N) is 1. The average molecular weight is 433 g/mol. The third-order valence-electron chi connectivity index (χ3n) is 5.40. The third kappa shape index (κ3) is 3.92. The van der Waals surface area contributed by atoms with Crippen LogP contribution in [0, 0.1) is 11.6 Å². The minimum absolute atomic E-state index is 0.250. The zero-order chi connectivity index (χ0) is 21.4. The molecular weight excluding hydrogens is 410 g/mol. The Bertz CT molecular complexity index is 1090. The Labute approximate surface area is 177 Å². The number of likely N-dealkylation sites (tertiary alicyclic amines) is 1. The van der Waals surface area contributed by atoms with E-state index in [-0.39, 0.29) is 11.7 Å². The fourth-order valence-electron chi connectivity index (χ4n) is 3.51. The first kappa shape index (κ1) is 20.4. The van der Waals surface area contributed by atoms with Crippen molar-refractivity contribution in [3.63, 3.8) is 0 Å². The van der Waals surface area contributed by atoms with Crippen molar-refractivity contribution in [1.29, 1.82) is 0 Å². The first-order chi connectivity index (χ1) is 14.3. The summed E-state index contributed by atoms with van der Waals surface area (Å²) in [5.74, 6) is -0.385. The van der Waals surface area contributed by atoms with Crippen molar-refractivity contribution in [2.75, 3.05) is 30.4 Å². The van der Waals surface area contributed by atoms with Crippen molar-refractivity contribution in [2.24, 2.45) is 0 Å². The van der Waals surface area contributed by atoms with E-state index in [0.717, 1.165) is 12.1 Å². The number of aliphatic hydroxyl groups is 1. The maximum absolute atomic E-state index is 14.2. The van der Waals surface area contributed by atoms with Crippen molar-refractivity contribution in [3.05, 3.63) is 53.9 Å². The number of rotatable bonds is 4. The molecule has 0 amide bonds. The zero-order valence-electron chi connectivity index (χ0n) is 16.6. The molecule has 158 valence electrons. The van der Waals surface area contributed by atoms with E-state index in [9.17, 15) is 13.9 Å².